The second kappa shape index (κ2) is 5.92. The Labute approximate surface area is 70.5 Å². The average Bonchev–Trinajstić information content (AvgIpc) is 2.41. The van der Waals surface area contributed by atoms with Crippen molar-refractivity contribution in [2.75, 3.05) is 0 Å². The molecule has 0 aliphatic rings. The van der Waals surface area contributed by atoms with Crippen molar-refractivity contribution in [3.63, 3.8) is 0 Å². The predicted octanol–water partition coefficient (Wildman–Crippen LogP) is 2.54. The zero-order valence-corrected chi connectivity index (χ0v) is 7.52. The molecule has 1 heterocycles. The van der Waals surface area contributed by atoms with Crippen LogP contribution in [0.1, 0.15) is 18.9 Å². The molecule has 0 radical (unpaired) electrons. The predicted molar refractivity (Wildman–Crippen MR) is 47.0 cm³/mol. The first-order valence-electron chi connectivity index (χ1n) is 3.37. The highest BCUT2D eigenvalue weighted by molar-refractivity contribution is 7.07. The maximum absolute atomic E-state index is 9.37. The van der Waals surface area contributed by atoms with Crippen molar-refractivity contribution < 1.29 is 9.90 Å². The van der Waals surface area contributed by atoms with Crippen LogP contribution in [0.25, 0.3) is 0 Å². The smallest absolute Gasteiger partial charge is 0.303 e. The van der Waals surface area contributed by atoms with Crippen LogP contribution in [0.15, 0.2) is 16.8 Å². The molecule has 1 aromatic rings. The van der Waals surface area contributed by atoms with E-state index < -0.39 is 5.97 Å². The molecule has 0 fully saturated rings. The molecule has 0 spiro atoms. The Balaban J connectivity index is 0.000000187. The number of hydrogen-bond acceptors (Lipinski definition) is 2. The van der Waals surface area contributed by atoms with E-state index in [0.29, 0.717) is 0 Å². The monoisotopic (exact) mass is 172 g/mol. The Morgan fingerprint density at radius 3 is 2.36 bits per heavy atom. The maximum Gasteiger partial charge on any atom is 0.303 e. The van der Waals surface area contributed by atoms with Gasteiger partial charge in [-0.3, -0.25) is 4.79 Å². The fraction of sp³-hybridized carbons (Fsp3) is 0.375. The van der Waals surface area contributed by atoms with Gasteiger partial charge in [0, 0.05) is 6.42 Å². The Morgan fingerprint density at radius 2 is 2.27 bits per heavy atom. The van der Waals surface area contributed by atoms with E-state index in [1.54, 1.807) is 18.3 Å². The SMILES string of the molecule is CCC(=O)O.Cc1ccsc1. The summed E-state index contributed by atoms with van der Waals surface area (Å²) < 4.78 is 0. The standard InChI is InChI=1S/C5H6S.C3H6O2/c1-5-2-3-6-4-5;1-2-3(4)5/h2-4H,1H3;2H2,1H3,(H,4,5). The van der Waals surface area contributed by atoms with Crippen molar-refractivity contribution >= 4 is 17.3 Å². The molecule has 3 heteroatoms. The van der Waals surface area contributed by atoms with Crippen molar-refractivity contribution in [3.8, 4) is 0 Å². The summed E-state index contributed by atoms with van der Waals surface area (Å²) >= 11 is 1.74. The first-order valence-corrected chi connectivity index (χ1v) is 4.31. The highest BCUT2D eigenvalue weighted by atomic mass is 32.1. The van der Waals surface area contributed by atoms with Gasteiger partial charge >= 0.3 is 5.97 Å². The zero-order valence-electron chi connectivity index (χ0n) is 6.70. The molecule has 0 bridgehead atoms. The summed E-state index contributed by atoms with van der Waals surface area (Å²) in [7, 11) is 0. The van der Waals surface area contributed by atoms with Gasteiger partial charge < -0.3 is 5.11 Å². The van der Waals surface area contributed by atoms with Gasteiger partial charge in [0.2, 0.25) is 0 Å². The fourth-order valence-corrected chi connectivity index (χ4v) is 0.998. The Hall–Kier alpha value is -0.830. The van der Waals surface area contributed by atoms with Crippen molar-refractivity contribution in [3.05, 3.63) is 22.4 Å². The Morgan fingerprint density at radius 1 is 1.73 bits per heavy atom. The summed E-state index contributed by atoms with van der Waals surface area (Å²) in [6, 6.07) is 2.10. The highest BCUT2D eigenvalue weighted by Crippen LogP contribution is 2.01. The number of aliphatic carboxylic acids is 1. The molecule has 0 atom stereocenters. The van der Waals surface area contributed by atoms with Gasteiger partial charge in [0.05, 0.1) is 0 Å². The summed E-state index contributed by atoms with van der Waals surface area (Å²) in [6.45, 7) is 3.69. The molecule has 62 valence electrons. The molecular formula is C8H12O2S. The Bertz CT molecular complexity index is 192. The van der Waals surface area contributed by atoms with E-state index in [0.717, 1.165) is 0 Å². The molecule has 1 rings (SSSR count). The molecule has 11 heavy (non-hydrogen) atoms. The normalized spacial score (nSPS) is 8.18. The number of carboxylic acids is 1. The summed E-state index contributed by atoms with van der Waals surface area (Å²) in [4.78, 5) is 9.37. The second-order valence-corrected chi connectivity index (χ2v) is 2.83. The number of aryl methyl sites for hydroxylation is 1. The minimum atomic E-state index is -0.745. The molecule has 2 nitrogen and oxygen atoms in total. The lowest BCUT2D eigenvalue weighted by Crippen LogP contribution is -1.86. The van der Waals surface area contributed by atoms with Gasteiger partial charge in [-0.05, 0) is 29.3 Å². The van der Waals surface area contributed by atoms with Crippen LogP contribution < -0.4 is 0 Å². The van der Waals surface area contributed by atoms with Gasteiger partial charge in [-0.2, -0.15) is 11.3 Å². The second-order valence-electron chi connectivity index (χ2n) is 2.05. The number of rotatable bonds is 1. The third kappa shape index (κ3) is 7.06. The largest absolute Gasteiger partial charge is 0.481 e. The van der Waals surface area contributed by atoms with Gasteiger partial charge in [-0.15, -0.1) is 0 Å². The van der Waals surface area contributed by atoms with Gasteiger partial charge in [-0.1, -0.05) is 6.92 Å². The first kappa shape index (κ1) is 10.2. The lowest BCUT2D eigenvalue weighted by atomic mass is 10.4. The topological polar surface area (TPSA) is 37.3 Å². The summed E-state index contributed by atoms with van der Waals surface area (Å²) in [5.41, 5.74) is 1.36. The molecule has 0 aliphatic heterocycles. The van der Waals surface area contributed by atoms with E-state index in [4.69, 9.17) is 5.11 Å². The van der Waals surface area contributed by atoms with Crippen LogP contribution in [0.5, 0.6) is 0 Å². The van der Waals surface area contributed by atoms with E-state index in [1.807, 2.05) is 0 Å². The van der Waals surface area contributed by atoms with E-state index in [1.165, 1.54) is 5.56 Å². The molecule has 0 unspecified atom stereocenters. The summed E-state index contributed by atoms with van der Waals surface area (Å²) in [5.74, 6) is -0.745. The lowest BCUT2D eigenvalue weighted by molar-refractivity contribution is -0.136. The molecular weight excluding hydrogens is 160 g/mol. The van der Waals surface area contributed by atoms with Crippen LogP contribution in [0, 0.1) is 6.92 Å². The Kier molecular flexibility index (Phi) is 5.47. The molecule has 1 N–H and O–H groups in total. The molecule has 0 aliphatic carbocycles. The number of thiophene rings is 1. The lowest BCUT2D eigenvalue weighted by Gasteiger charge is -1.71. The summed E-state index contributed by atoms with van der Waals surface area (Å²) in [6.07, 6.45) is 0.222. The van der Waals surface area contributed by atoms with Crippen LogP contribution >= 0.6 is 11.3 Å². The number of carboxylic acid groups (broad SMARTS) is 1. The van der Waals surface area contributed by atoms with E-state index >= 15 is 0 Å². The quantitative estimate of drug-likeness (QED) is 0.706. The van der Waals surface area contributed by atoms with Gasteiger partial charge in [0.15, 0.2) is 0 Å². The minimum absolute atomic E-state index is 0.222. The minimum Gasteiger partial charge on any atom is -0.481 e. The molecule has 0 saturated heterocycles. The van der Waals surface area contributed by atoms with E-state index in [-0.39, 0.29) is 6.42 Å². The molecule has 0 aromatic carbocycles. The van der Waals surface area contributed by atoms with Gasteiger partial charge in [0.1, 0.15) is 0 Å². The van der Waals surface area contributed by atoms with E-state index in [2.05, 4.69) is 23.8 Å². The van der Waals surface area contributed by atoms with Crippen molar-refractivity contribution in [1.82, 2.24) is 0 Å². The molecule has 0 amide bonds. The fourth-order valence-electron chi connectivity index (χ4n) is 0.333. The van der Waals surface area contributed by atoms with Gasteiger partial charge in [-0.25, -0.2) is 0 Å². The van der Waals surface area contributed by atoms with Crippen molar-refractivity contribution in [2.45, 2.75) is 20.3 Å². The van der Waals surface area contributed by atoms with Crippen LogP contribution in [0.4, 0.5) is 0 Å². The zero-order chi connectivity index (χ0) is 8.69. The van der Waals surface area contributed by atoms with Crippen molar-refractivity contribution in [1.29, 1.82) is 0 Å². The average molecular weight is 172 g/mol. The van der Waals surface area contributed by atoms with Gasteiger partial charge in [0.25, 0.3) is 0 Å². The number of hydrogen-bond donors (Lipinski definition) is 1. The molecule has 1 aromatic heterocycles. The number of carbonyl (C=O) groups is 1. The van der Waals surface area contributed by atoms with E-state index in [9.17, 15) is 4.79 Å². The summed E-state index contributed by atoms with van der Waals surface area (Å²) in [5, 5.41) is 11.9. The van der Waals surface area contributed by atoms with Crippen LogP contribution in [-0.4, -0.2) is 11.1 Å². The first-order chi connectivity index (χ1) is 5.16. The maximum atomic E-state index is 9.37. The molecule has 0 saturated carbocycles. The van der Waals surface area contributed by atoms with Crippen LogP contribution in [-0.2, 0) is 4.79 Å². The third-order valence-electron chi connectivity index (χ3n) is 0.966. The van der Waals surface area contributed by atoms with Crippen molar-refractivity contribution in [2.24, 2.45) is 0 Å². The van der Waals surface area contributed by atoms with Crippen LogP contribution in [0.2, 0.25) is 0 Å². The highest BCUT2D eigenvalue weighted by Gasteiger charge is 1.80. The third-order valence-corrected chi connectivity index (χ3v) is 1.77. The van der Waals surface area contributed by atoms with Crippen LogP contribution in [0.3, 0.4) is 0 Å².